The lowest BCUT2D eigenvalue weighted by Crippen LogP contribution is -2.25. The minimum Gasteiger partial charge on any atom is -0.384 e. The van der Waals surface area contributed by atoms with Crippen LogP contribution in [0.4, 0.5) is 11.6 Å². The van der Waals surface area contributed by atoms with Crippen LogP contribution in [0.5, 0.6) is 0 Å². The summed E-state index contributed by atoms with van der Waals surface area (Å²) in [5.41, 5.74) is 5.84. The summed E-state index contributed by atoms with van der Waals surface area (Å²) in [5, 5.41) is 0. The average Bonchev–Trinajstić information content (AvgIpc) is 2.64. The van der Waals surface area contributed by atoms with E-state index in [1.807, 2.05) is 13.0 Å². The number of aromatic nitrogens is 2. The number of anilines is 2. The van der Waals surface area contributed by atoms with E-state index < -0.39 is 0 Å². The Morgan fingerprint density at radius 3 is 2.61 bits per heavy atom. The van der Waals surface area contributed by atoms with Crippen molar-refractivity contribution in [3.63, 3.8) is 0 Å². The maximum Gasteiger partial charge on any atom is 0.158 e. The highest BCUT2D eigenvalue weighted by atomic mass is 16.5. The van der Waals surface area contributed by atoms with Gasteiger partial charge in [0.15, 0.2) is 5.82 Å². The van der Waals surface area contributed by atoms with Crippen LogP contribution in [-0.2, 0) is 11.3 Å². The second kappa shape index (κ2) is 6.54. The number of hydrogen-bond acceptors (Lipinski definition) is 5. The zero-order valence-electron chi connectivity index (χ0n) is 11.1. The molecule has 0 radical (unpaired) electrons. The maximum atomic E-state index is 5.84. The van der Waals surface area contributed by atoms with Gasteiger partial charge in [0.05, 0.1) is 0 Å². The number of ether oxygens (including phenoxy) is 1. The van der Waals surface area contributed by atoms with E-state index in [-0.39, 0.29) is 0 Å². The first kappa shape index (κ1) is 13.1. The van der Waals surface area contributed by atoms with E-state index in [2.05, 4.69) is 14.9 Å². The van der Waals surface area contributed by atoms with E-state index in [1.165, 1.54) is 25.7 Å². The van der Waals surface area contributed by atoms with Crippen molar-refractivity contribution in [1.82, 2.24) is 9.97 Å². The standard InChI is InChI=1S/C13H22N4O/c1-2-18-10-12-15-11(14)9-13(16-12)17-7-5-3-4-6-8-17/h9H,2-8,10H2,1H3,(H2,14,15,16). The molecule has 1 aliphatic rings. The first-order valence-corrected chi connectivity index (χ1v) is 6.75. The minimum atomic E-state index is 0.433. The van der Waals surface area contributed by atoms with Crippen LogP contribution in [0.25, 0.3) is 0 Å². The molecule has 2 N–H and O–H groups in total. The third-order valence-electron chi connectivity index (χ3n) is 3.14. The quantitative estimate of drug-likeness (QED) is 0.885. The summed E-state index contributed by atoms with van der Waals surface area (Å²) in [6.45, 7) is 5.18. The van der Waals surface area contributed by atoms with Gasteiger partial charge in [-0.3, -0.25) is 0 Å². The van der Waals surface area contributed by atoms with Gasteiger partial charge in [-0.05, 0) is 19.8 Å². The van der Waals surface area contributed by atoms with Gasteiger partial charge in [0.1, 0.15) is 18.2 Å². The normalized spacial score (nSPS) is 16.6. The summed E-state index contributed by atoms with van der Waals surface area (Å²) < 4.78 is 5.34. The molecule has 0 atom stereocenters. The van der Waals surface area contributed by atoms with Gasteiger partial charge < -0.3 is 15.4 Å². The Balaban J connectivity index is 2.12. The Hall–Kier alpha value is -1.36. The van der Waals surface area contributed by atoms with E-state index in [0.29, 0.717) is 24.9 Å². The van der Waals surface area contributed by atoms with E-state index >= 15 is 0 Å². The molecule has 1 aromatic rings. The van der Waals surface area contributed by atoms with Crippen molar-refractivity contribution in [1.29, 1.82) is 0 Å². The van der Waals surface area contributed by atoms with Crippen LogP contribution in [0.3, 0.4) is 0 Å². The van der Waals surface area contributed by atoms with Gasteiger partial charge in [-0.2, -0.15) is 0 Å². The fourth-order valence-corrected chi connectivity index (χ4v) is 2.22. The van der Waals surface area contributed by atoms with Crippen LogP contribution in [0, 0.1) is 0 Å². The lowest BCUT2D eigenvalue weighted by Gasteiger charge is -2.22. The summed E-state index contributed by atoms with van der Waals surface area (Å²) in [7, 11) is 0. The molecule has 2 heterocycles. The first-order valence-electron chi connectivity index (χ1n) is 6.75. The van der Waals surface area contributed by atoms with E-state index in [9.17, 15) is 0 Å². The molecule has 2 rings (SSSR count). The van der Waals surface area contributed by atoms with Crippen LogP contribution >= 0.6 is 0 Å². The average molecular weight is 250 g/mol. The Kier molecular flexibility index (Phi) is 4.75. The van der Waals surface area contributed by atoms with Crippen LogP contribution in [0.2, 0.25) is 0 Å². The third-order valence-corrected chi connectivity index (χ3v) is 3.14. The van der Waals surface area contributed by atoms with Crippen LogP contribution in [-0.4, -0.2) is 29.7 Å². The number of nitrogens with zero attached hydrogens (tertiary/aromatic N) is 3. The smallest absolute Gasteiger partial charge is 0.158 e. The molecule has 0 spiro atoms. The molecule has 18 heavy (non-hydrogen) atoms. The van der Waals surface area contributed by atoms with Gasteiger partial charge in [-0.1, -0.05) is 12.8 Å². The Labute approximate surface area is 108 Å². The molecule has 1 aromatic heterocycles. The highest BCUT2D eigenvalue weighted by Crippen LogP contribution is 2.19. The molecule has 100 valence electrons. The molecule has 0 bridgehead atoms. The number of hydrogen-bond donors (Lipinski definition) is 1. The summed E-state index contributed by atoms with van der Waals surface area (Å²) >= 11 is 0. The molecule has 0 amide bonds. The highest BCUT2D eigenvalue weighted by molar-refractivity contribution is 5.47. The van der Waals surface area contributed by atoms with Crippen LogP contribution < -0.4 is 10.6 Å². The van der Waals surface area contributed by atoms with Crippen molar-refractivity contribution in [2.75, 3.05) is 30.3 Å². The van der Waals surface area contributed by atoms with Gasteiger partial charge in [0.25, 0.3) is 0 Å². The molecule has 1 aliphatic heterocycles. The minimum absolute atomic E-state index is 0.433. The van der Waals surface area contributed by atoms with Crippen LogP contribution in [0.15, 0.2) is 6.07 Å². The van der Waals surface area contributed by atoms with E-state index in [1.54, 1.807) is 0 Å². The fraction of sp³-hybridized carbons (Fsp3) is 0.692. The van der Waals surface area contributed by atoms with Gasteiger partial charge >= 0.3 is 0 Å². The maximum absolute atomic E-state index is 5.84. The second-order valence-electron chi connectivity index (χ2n) is 4.61. The molecule has 0 unspecified atom stereocenters. The lowest BCUT2D eigenvalue weighted by atomic mass is 10.2. The van der Waals surface area contributed by atoms with Crippen molar-refractivity contribution >= 4 is 11.6 Å². The van der Waals surface area contributed by atoms with Crippen molar-refractivity contribution < 1.29 is 4.74 Å². The molecule has 1 saturated heterocycles. The van der Waals surface area contributed by atoms with Crippen molar-refractivity contribution in [2.45, 2.75) is 39.2 Å². The monoisotopic (exact) mass is 250 g/mol. The Morgan fingerprint density at radius 1 is 1.22 bits per heavy atom. The molecule has 1 fully saturated rings. The van der Waals surface area contributed by atoms with Gasteiger partial charge in [-0.15, -0.1) is 0 Å². The third kappa shape index (κ3) is 3.57. The van der Waals surface area contributed by atoms with Crippen molar-refractivity contribution in [3.05, 3.63) is 11.9 Å². The highest BCUT2D eigenvalue weighted by Gasteiger charge is 2.13. The SMILES string of the molecule is CCOCc1nc(N)cc(N2CCCCCC2)n1. The number of nitrogen functional groups attached to an aromatic ring is 1. The topological polar surface area (TPSA) is 64.3 Å². The number of nitrogens with two attached hydrogens (primary N) is 1. The molecule has 5 heteroatoms. The predicted molar refractivity (Wildman–Crippen MR) is 72.5 cm³/mol. The lowest BCUT2D eigenvalue weighted by molar-refractivity contribution is 0.128. The van der Waals surface area contributed by atoms with Gasteiger partial charge in [-0.25, -0.2) is 9.97 Å². The van der Waals surface area contributed by atoms with E-state index in [4.69, 9.17) is 10.5 Å². The zero-order valence-corrected chi connectivity index (χ0v) is 11.1. The summed E-state index contributed by atoms with van der Waals surface area (Å²) in [6.07, 6.45) is 5.07. The van der Waals surface area contributed by atoms with Crippen LogP contribution in [0.1, 0.15) is 38.4 Å². The summed E-state index contributed by atoms with van der Waals surface area (Å²) in [6, 6.07) is 1.86. The Bertz CT molecular complexity index is 375. The molecular formula is C13H22N4O. The first-order chi connectivity index (χ1) is 8.79. The predicted octanol–water partition coefficient (Wildman–Crippen LogP) is 1.98. The Morgan fingerprint density at radius 2 is 1.94 bits per heavy atom. The van der Waals surface area contributed by atoms with Gasteiger partial charge in [0.2, 0.25) is 0 Å². The molecule has 0 saturated carbocycles. The molecular weight excluding hydrogens is 228 g/mol. The largest absolute Gasteiger partial charge is 0.384 e. The van der Waals surface area contributed by atoms with Crippen molar-refractivity contribution in [3.8, 4) is 0 Å². The van der Waals surface area contributed by atoms with E-state index in [0.717, 1.165) is 18.9 Å². The summed E-state index contributed by atoms with van der Waals surface area (Å²) in [5.74, 6) is 2.15. The molecule has 5 nitrogen and oxygen atoms in total. The summed E-state index contributed by atoms with van der Waals surface area (Å²) in [4.78, 5) is 11.1. The van der Waals surface area contributed by atoms with Crippen molar-refractivity contribution in [2.24, 2.45) is 0 Å². The zero-order chi connectivity index (χ0) is 12.8. The fourth-order valence-electron chi connectivity index (χ4n) is 2.22. The molecule has 0 aliphatic carbocycles. The number of rotatable bonds is 4. The van der Waals surface area contributed by atoms with Gasteiger partial charge in [0, 0.05) is 25.8 Å². The molecule has 0 aromatic carbocycles. The second-order valence-corrected chi connectivity index (χ2v) is 4.61.